The summed E-state index contributed by atoms with van der Waals surface area (Å²) in [5.74, 6) is 3.62. The van der Waals surface area contributed by atoms with Gasteiger partial charge in [0.15, 0.2) is 0 Å². The molecule has 0 spiro atoms. The fourth-order valence-electron chi connectivity index (χ4n) is 1.37. The van der Waals surface area contributed by atoms with Gasteiger partial charge in [0.05, 0.1) is 15.0 Å². The molecule has 96 valence electrons. The molecule has 0 saturated heterocycles. The molecular weight excluding hydrogens is 347 g/mol. The van der Waals surface area contributed by atoms with Crippen molar-refractivity contribution in [3.63, 3.8) is 0 Å². The Bertz CT molecular complexity index is 429. The summed E-state index contributed by atoms with van der Waals surface area (Å²) in [7, 11) is 0. The summed E-state index contributed by atoms with van der Waals surface area (Å²) in [6, 6.07) is 0. The number of H-pyrrole nitrogens is 1. The van der Waals surface area contributed by atoms with E-state index < -0.39 is 0 Å². The Labute approximate surface area is 120 Å². The second-order valence-electron chi connectivity index (χ2n) is 4.78. The molecule has 0 aromatic carbocycles. The molecule has 0 amide bonds. The normalized spacial score (nSPS) is 11.5. The third kappa shape index (κ3) is 4.62. The Morgan fingerprint density at radius 1 is 1.35 bits per heavy atom. The lowest BCUT2D eigenvalue weighted by molar-refractivity contribution is 0.748. The van der Waals surface area contributed by atoms with Crippen molar-refractivity contribution in [3.8, 4) is 0 Å². The minimum Gasteiger partial charge on any atom is -0.309 e. The predicted octanol–water partition coefficient (Wildman–Crippen LogP) is 3.39. The second kappa shape index (κ2) is 6.78. The Morgan fingerprint density at radius 2 is 2.00 bits per heavy atom. The summed E-state index contributed by atoms with van der Waals surface area (Å²) in [4.78, 5) is 19.1. The summed E-state index contributed by atoms with van der Waals surface area (Å²) in [6.45, 7) is 8.51. The molecule has 1 aromatic rings. The van der Waals surface area contributed by atoms with Crippen LogP contribution < -0.4 is 5.56 Å². The standard InChI is InChI=1S/C12H19IN2OS/c1-7(2)5-17-6-9-14-11(8(3)4)10(13)12(16)15-9/h7-8H,5-6H2,1-4H3,(H,14,15,16). The van der Waals surface area contributed by atoms with Gasteiger partial charge < -0.3 is 4.98 Å². The summed E-state index contributed by atoms with van der Waals surface area (Å²) in [5.41, 5.74) is 0.902. The van der Waals surface area contributed by atoms with E-state index in [1.54, 1.807) is 0 Å². The van der Waals surface area contributed by atoms with Crippen molar-refractivity contribution in [3.05, 3.63) is 25.4 Å². The van der Waals surface area contributed by atoms with Gasteiger partial charge in [-0.15, -0.1) is 0 Å². The van der Waals surface area contributed by atoms with E-state index in [1.807, 2.05) is 11.8 Å². The van der Waals surface area contributed by atoms with Crippen LogP contribution in [0.2, 0.25) is 0 Å². The maximum absolute atomic E-state index is 11.7. The van der Waals surface area contributed by atoms with Gasteiger partial charge in [-0.1, -0.05) is 27.7 Å². The van der Waals surface area contributed by atoms with Crippen LogP contribution in [0, 0.1) is 9.49 Å². The number of aromatic nitrogens is 2. The third-order valence-electron chi connectivity index (χ3n) is 2.17. The van der Waals surface area contributed by atoms with Crippen molar-refractivity contribution in [2.24, 2.45) is 5.92 Å². The fraction of sp³-hybridized carbons (Fsp3) is 0.667. The number of halogens is 1. The van der Waals surface area contributed by atoms with Crippen LogP contribution in [-0.4, -0.2) is 15.7 Å². The van der Waals surface area contributed by atoms with E-state index in [1.165, 1.54) is 0 Å². The largest absolute Gasteiger partial charge is 0.309 e. The minimum atomic E-state index is -0.00977. The second-order valence-corrected chi connectivity index (χ2v) is 6.88. The lowest BCUT2D eigenvalue weighted by Crippen LogP contribution is -2.18. The summed E-state index contributed by atoms with van der Waals surface area (Å²) < 4.78 is 0.718. The molecular formula is C12H19IN2OS. The zero-order chi connectivity index (χ0) is 13.0. The number of aromatic amines is 1. The van der Waals surface area contributed by atoms with E-state index in [0.717, 1.165) is 26.6 Å². The number of thioether (sulfide) groups is 1. The Hall–Kier alpha value is -0.0400. The molecule has 0 unspecified atom stereocenters. The average Bonchev–Trinajstić information content (AvgIpc) is 2.22. The summed E-state index contributed by atoms with van der Waals surface area (Å²) >= 11 is 3.89. The minimum absolute atomic E-state index is 0.00977. The molecule has 17 heavy (non-hydrogen) atoms. The molecule has 0 aliphatic rings. The first kappa shape index (κ1) is 15.0. The highest BCUT2D eigenvalue weighted by atomic mass is 127. The maximum Gasteiger partial charge on any atom is 0.264 e. The van der Waals surface area contributed by atoms with E-state index in [9.17, 15) is 4.79 Å². The van der Waals surface area contributed by atoms with E-state index in [4.69, 9.17) is 0 Å². The van der Waals surface area contributed by atoms with E-state index >= 15 is 0 Å². The molecule has 3 nitrogen and oxygen atoms in total. The van der Waals surface area contributed by atoms with Crippen molar-refractivity contribution in [2.45, 2.75) is 39.4 Å². The van der Waals surface area contributed by atoms with E-state index in [2.05, 4.69) is 60.3 Å². The molecule has 5 heteroatoms. The molecule has 0 radical (unpaired) electrons. The van der Waals surface area contributed by atoms with E-state index in [0.29, 0.717) is 5.92 Å². The smallest absolute Gasteiger partial charge is 0.264 e. The van der Waals surface area contributed by atoms with Crippen molar-refractivity contribution in [2.75, 3.05) is 5.75 Å². The van der Waals surface area contributed by atoms with Crippen LogP contribution in [0.4, 0.5) is 0 Å². The lowest BCUT2D eigenvalue weighted by Gasteiger charge is -2.09. The Balaban J connectivity index is 2.84. The maximum atomic E-state index is 11.7. The number of hydrogen-bond acceptors (Lipinski definition) is 3. The molecule has 0 atom stereocenters. The first-order valence-electron chi connectivity index (χ1n) is 5.78. The number of nitrogens with one attached hydrogen (secondary N) is 1. The van der Waals surface area contributed by atoms with Crippen LogP contribution >= 0.6 is 34.4 Å². The van der Waals surface area contributed by atoms with Gasteiger partial charge in [0.2, 0.25) is 0 Å². The van der Waals surface area contributed by atoms with E-state index in [-0.39, 0.29) is 11.5 Å². The van der Waals surface area contributed by atoms with Gasteiger partial charge in [-0.2, -0.15) is 11.8 Å². The average molecular weight is 366 g/mol. The Kier molecular flexibility index (Phi) is 5.99. The first-order valence-corrected chi connectivity index (χ1v) is 8.01. The van der Waals surface area contributed by atoms with Gasteiger partial charge in [0.1, 0.15) is 5.82 Å². The van der Waals surface area contributed by atoms with Gasteiger partial charge >= 0.3 is 0 Å². The SMILES string of the molecule is CC(C)CSCc1nc(C(C)C)c(I)c(=O)[nH]1. The molecule has 0 fully saturated rings. The van der Waals surface area contributed by atoms with Gasteiger partial charge in [-0.25, -0.2) is 4.98 Å². The predicted molar refractivity (Wildman–Crippen MR) is 82.7 cm³/mol. The van der Waals surface area contributed by atoms with Crippen molar-refractivity contribution >= 4 is 34.4 Å². The molecule has 1 rings (SSSR count). The van der Waals surface area contributed by atoms with Crippen LogP contribution in [0.5, 0.6) is 0 Å². The third-order valence-corrected chi connectivity index (χ3v) is 4.60. The molecule has 0 aliphatic carbocycles. The van der Waals surface area contributed by atoms with Crippen LogP contribution in [0.1, 0.15) is 45.1 Å². The molecule has 1 aromatic heterocycles. The molecule has 0 bridgehead atoms. The van der Waals surface area contributed by atoms with Crippen LogP contribution in [-0.2, 0) is 5.75 Å². The van der Waals surface area contributed by atoms with Crippen molar-refractivity contribution in [1.29, 1.82) is 0 Å². The van der Waals surface area contributed by atoms with Crippen LogP contribution in [0.25, 0.3) is 0 Å². The highest BCUT2D eigenvalue weighted by molar-refractivity contribution is 14.1. The zero-order valence-electron chi connectivity index (χ0n) is 10.7. The van der Waals surface area contributed by atoms with Crippen LogP contribution in [0.3, 0.4) is 0 Å². The number of nitrogens with zero attached hydrogens (tertiary/aromatic N) is 1. The summed E-state index contributed by atoms with van der Waals surface area (Å²) in [6.07, 6.45) is 0. The highest BCUT2D eigenvalue weighted by Crippen LogP contribution is 2.18. The zero-order valence-corrected chi connectivity index (χ0v) is 13.7. The molecule has 1 heterocycles. The summed E-state index contributed by atoms with van der Waals surface area (Å²) in [5, 5.41) is 0. The highest BCUT2D eigenvalue weighted by Gasteiger charge is 2.12. The first-order chi connectivity index (χ1) is 7.91. The van der Waals surface area contributed by atoms with Crippen LogP contribution in [0.15, 0.2) is 4.79 Å². The monoisotopic (exact) mass is 366 g/mol. The van der Waals surface area contributed by atoms with Gasteiger partial charge in [0, 0.05) is 0 Å². The molecule has 0 saturated carbocycles. The van der Waals surface area contributed by atoms with Crippen molar-refractivity contribution < 1.29 is 0 Å². The van der Waals surface area contributed by atoms with Gasteiger partial charge in [-0.05, 0) is 40.2 Å². The number of rotatable bonds is 5. The quantitative estimate of drug-likeness (QED) is 0.813. The van der Waals surface area contributed by atoms with Gasteiger partial charge in [-0.3, -0.25) is 4.79 Å². The van der Waals surface area contributed by atoms with Gasteiger partial charge in [0.25, 0.3) is 5.56 Å². The lowest BCUT2D eigenvalue weighted by atomic mass is 10.1. The Morgan fingerprint density at radius 3 is 2.53 bits per heavy atom. The topological polar surface area (TPSA) is 45.8 Å². The fourth-order valence-corrected chi connectivity index (χ4v) is 3.16. The molecule has 1 N–H and O–H groups in total. The number of hydrogen-bond donors (Lipinski definition) is 1. The molecule has 0 aliphatic heterocycles. The van der Waals surface area contributed by atoms with Crippen molar-refractivity contribution in [1.82, 2.24) is 9.97 Å².